The standard InChI is InChI=1S/C16H19NOS.BrH/c18-15(7-5-11-17-9-3-4-10-17)14-12-19-16-8-2-1-6-13(14)16;/h1-2,6,8,12H,3-5,7,9-11H2;1H. The first-order valence-corrected chi connectivity index (χ1v) is 7.94. The lowest BCUT2D eigenvalue weighted by atomic mass is 10.1. The van der Waals surface area contributed by atoms with Crippen LogP contribution in [0.25, 0.3) is 10.1 Å². The molecule has 0 amide bonds. The van der Waals surface area contributed by atoms with Gasteiger partial charge in [0.2, 0.25) is 0 Å². The molecule has 4 heteroatoms. The first kappa shape index (κ1) is 15.7. The van der Waals surface area contributed by atoms with E-state index in [4.69, 9.17) is 0 Å². The molecule has 2 heterocycles. The van der Waals surface area contributed by atoms with Gasteiger partial charge >= 0.3 is 0 Å². The van der Waals surface area contributed by atoms with Gasteiger partial charge < -0.3 is 4.90 Å². The van der Waals surface area contributed by atoms with E-state index < -0.39 is 0 Å². The van der Waals surface area contributed by atoms with Gasteiger partial charge in [0.15, 0.2) is 5.78 Å². The Morgan fingerprint density at radius 1 is 1.20 bits per heavy atom. The zero-order valence-corrected chi connectivity index (χ0v) is 14.0. The molecule has 1 fully saturated rings. The van der Waals surface area contributed by atoms with Gasteiger partial charge in [-0.3, -0.25) is 4.79 Å². The molecule has 1 aromatic heterocycles. The third-order valence-corrected chi connectivity index (χ3v) is 4.82. The number of carbonyl (C=O) groups excluding carboxylic acids is 1. The van der Waals surface area contributed by atoms with Crippen LogP contribution < -0.4 is 0 Å². The van der Waals surface area contributed by atoms with Crippen molar-refractivity contribution < 1.29 is 4.79 Å². The number of carbonyl (C=O) groups is 1. The first-order valence-electron chi connectivity index (χ1n) is 7.06. The van der Waals surface area contributed by atoms with E-state index >= 15 is 0 Å². The summed E-state index contributed by atoms with van der Waals surface area (Å²) in [5, 5.41) is 3.14. The number of ketones is 1. The van der Waals surface area contributed by atoms with Crippen molar-refractivity contribution in [3.05, 3.63) is 35.2 Å². The first-order chi connectivity index (χ1) is 9.34. The maximum atomic E-state index is 12.3. The molecule has 1 saturated heterocycles. The van der Waals surface area contributed by atoms with Gasteiger partial charge in [-0.1, -0.05) is 18.2 Å². The molecule has 20 heavy (non-hydrogen) atoms. The summed E-state index contributed by atoms with van der Waals surface area (Å²) in [4.78, 5) is 14.8. The number of hydrogen-bond donors (Lipinski definition) is 0. The minimum Gasteiger partial charge on any atom is -0.303 e. The number of likely N-dealkylation sites (tertiary alicyclic amines) is 1. The van der Waals surface area contributed by atoms with Crippen LogP contribution in [0.4, 0.5) is 0 Å². The second-order valence-corrected chi connectivity index (χ2v) is 6.13. The normalized spacial score (nSPS) is 15.4. The van der Waals surface area contributed by atoms with Crippen LogP contribution in [0.3, 0.4) is 0 Å². The van der Waals surface area contributed by atoms with Gasteiger partial charge in [0.1, 0.15) is 0 Å². The van der Waals surface area contributed by atoms with Gasteiger partial charge in [-0.05, 0) is 45.0 Å². The van der Waals surface area contributed by atoms with Crippen LogP contribution in [0.5, 0.6) is 0 Å². The van der Waals surface area contributed by atoms with Crippen LogP contribution in [0.1, 0.15) is 36.0 Å². The number of hydrogen-bond acceptors (Lipinski definition) is 3. The van der Waals surface area contributed by atoms with E-state index in [0.717, 1.165) is 23.9 Å². The van der Waals surface area contributed by atoms with Crippen molar-refractivity contribution in [3.63, 3.8) is 0 Å². The van der Waals surface area contributed by atoms with E-state index in [1.54, 1.807) is 11.3 Å². The third-order valence-electron chi connectivity index (χ3n) is 3.86. The number of benzene rings is 1. The van der Waals surface area contributed by atoms with Crippen LogP contribution in [0.2, 0.25) is 0 Å². The summed E-state index contributed by atoms with van der Waals surface area (Å²) < 4.78 is 1.21. The van der Waals surface area contributed by atoms with Crippen LogP contribution >= 0.6 is 28.3 Å². The Bertz CT molecular complexity index is 575. The smallest absolute Gasteiger partial charge is 0.164 e. The van der Waals surface area contributed by atoms with Crippen LogP contribution in [-0.2, 0) is 0 Å². The summed E-state index contributed by atoms with van der Waals surface area (Å²) in [6.45, 7) is 3.51. The highest BCUT2D eigenvalue weighted by Gasteiger charge is 2.14. The van der Waals surface area contributed by atoms with Crippen molar-refractivity contribution in [2.75, 3.05) is 19.6 Å². The maximum Gasteiger partial charge on any atom is 0.164 e. The Labute approximate surface area is 134 Å². The molecule has 1 aliphatic heterocycles. The molecule has 3 rings (SSSR count). The summed E-state index contributed by atoms with van der Waals surface area (Å²) in [5.74, 6) is 0.302. The van der Waals surface area contributed by atoms with Crippen LogP contribution in [0.15, 0.2) is 29.6 Å². The van der Waals surface area contributed by atoms with Crippen molar-refractivity contribution >= 4 is 44.2 Å². The fourth-order valence-electron chi connectivity index (χ4n) is 2.80. The molecule has 2 aromatic rings. The van der Waals surface area contributed by atoms with Crippen molar-refractivity contribution in [2.24, 2.45) is 0 Å². The second-order valence-electron chi connectivity index (χ2n) is 5.22. The van der Waals surface area contributed by atoms with Crippen molar-refractivity contribution in [3.8, 4) is 0 Å². The van der Waals surface area contributed by atoms with Gasteiger partial charge in [-0.2, -0.15) is 0 Å². The zero-order valence-electron chi connectivity index (χ0n) is 11.5. The minimum absolute atomic E-state index is 0. The quantitative estimate of drug-likeness (QED) is 0.735. The highest BCUT2D eigenvalue weighted by atomic mass is 79.9. The summed E-state index contributed by atoms with van der Waals surface area (Å²) >= 11 is 1.67. The number of fused-ring (bicyclic) bond motifs is 1. The van der Waals surface area contributed by atoms with E-state index in [1.807, 2.05) is 17.5 Å². The van der Waals surface area contributed by atoms with Gasteiger partial charge in [-0.25, -0.2) is 0 Å². The summed E-state index contributed by atoms with van der Waals surface area (Å²) in [6.07, 6.45) is 4.31. The van der Waals surface area contributed by atoms with Gasteiger partial charge in [0.05, 0.1) is 0 Å². The van der Waals surface area contributed by atoms with Gasteiger partial charge in [0.25, 0.3) is 0 Å². The summed E-state index contributed by atoms with van der Waals surface area (Å²) in [6, 6.07) is 8.18. The predicted octanol–water partition coefficient (Wildman–Crippen LogP) is 4.54. The highest BCUT2D eigenvalue weighted by Crippen LogP contribution is 2.26. The second kappa shape index (κ2) is 7.34. The molecule has 0 aliphatic carbocycles. The Kier molecular flexibility index (Phi) is 5.75. The summed E-state index contributed by atoms with van der Waals surface area (Å²) in [5.41, 5.74) is 0.919. The molecular formula is C16H20BrNOS. The van der Waals surface area contributed by atoms with E-state index in [1.165, 1.54) is 30.6 Å². The average Bonchev–Trinajstić information content (AvgIpc) is 3.07. The van der Waals surface area contributed by atoms with E-state index in [9.17, 15) is 4.79 Å². The third kappa shape index (κ3) is 3.48. The fourth-order valence-corrected chi connectivity index (χ4v) is 3.76. The Morgan fingerprint density at radius 2 is 1.95 bits per heavy atom. The van der Waals surface area contributed by atoms with Crippen molar-refractivity contribution in [2.45, 2.75) is 25.7 Å². The minimum atomic E-state index is 0. The molecule has 1 aromatic carbocycles. The molecule has 0 unspecified atom stereocenters. The molecular weight excluding hydrogens is 334 g/mol. The SMILES string of the molecule is Br.O=C(CCCN1CCCC1)c1csc2ccccc12. The Balaban J connectivity index is 0.00000147. The van der Waals surface area contributed by atoms with Crippen molar-refractivity contribution in [1.82, 2.24) is 4.90 Å². The lowest BCUT2D eigenvalue weighted by Gasteiger charge is -2.13. The average molecular weight is 354 g/mol. The number of Topliss-reactive ketones (excluding diaryl/α,β-unsaturated/α-hetero) is 1. The molecule has 108 valence electrons. The predicted molar refractivity (Wildman–Crippen MR) is 91.4 cm³/mol. The van der Waals surface area contributed by atoms with E-state index in [-0.39, 0.29) is 17.0 Å². The Morgan fingerprint density at radius 3 is 2.75 bits per heavy atom. The Hall–Kier alpha value is -0.710. The molecule has 0 atom stereocenters. The lowest BCUT2D eigenvalue weighted by molar-refractivity contribution is 0.0978. The molecule has 0 saturated carbocycles. The van der Waals surface area contributed by atoms with Crippen LogP contribution in [-0.4, -0.2) is 30.3 Å². The highest BCUT2D eigenvalue weighted by molar-refractivity contribution is 8.93. The van der Waals surface area contributed by atoms with E-state index in [2.05, 4.69) is 17.0 Å². The monoisotopic (exact) mass is 353 g/mol. The number of thiophene rings is 1. The topological polar surface area (TPSA) is 20.3 Å². The van der Waals surface area contributed by atoms with Crippen LogP contribution in [0, 0.1) is 0 Å². The molecule has 2 nitrogen and oxygen atoms in total. The maximum absolute atomic E-state index is 12.3. The van der Waals surface area contributed by atoms with Crippen molar-refractivity contribution in [1.29, 1.82) is 0 Å². The summed E-state index contributed by atoms with van der Waals surface area (Å²) in [7, 11) is 0. The number of nitrogens with zero attached hydrogens (tertiary/aromatic N) is 1. The molecule has 0 radical (unpaired) electrons. The molecule has 1 aliphatic rings. The lowest BCUT2D eigenvalue weighted by Crippen LogP contribution is -2.20. The molecule has 0 spiro atoms. The molecule has 0 N–H and O–H groups in total. The van der Waals surface area contributed by atoms with E-state index in [0.29, 0.717) is 12.2 Å². The fraction of sp³-hybridized carbons (Fsp3) is 0.438. The van der Waals surface area contributed by atoms with Gasteiger partial charge in [0, 0.05) is 27.5 Å². The zero-order chi connectivity index (χ0) is 13.1. The van der Waals surface area contributed by atoms with Gasteiger partial charge in [-0.15, -0.1) is 28.3 Å². The molecule has 0 bridgehead atoms. The number of halogens is 1. The largest absolute Gasteiger partial charge is 0.303 e. The number of rotatable bonds is 5.